The highest BCUT2D eigenvalue weighted by molar-refractivity contribution is 7.92. The molecule has 3 rings (SSSR count). The monoisotopic (exact) mass is 403 g/mol. The van der Waals surface area contributed by atoms with Crippen molar-refractivity contribution in [2.24, 2.45) is 0 Å². The topological polar surface area (TPSA) is 64.0 Å². The molecule has 0 aliphatic heterocycles. The number of rotatable bonds is 6. The molecule has 7 heteroatoms. The second kappa shape index (κ2) is 7.74. The van der Waals surface area contributed by atoms with Crippen LogP contribution < -0.4 is 4.72 Å². The maximum Gasteiger partial charge on any atom is 0.262 e. The molecular formula is C20H22ClN3O2S. The van der Waals surface area contributed by atoms with Crippen LogP contribution in [0.3, 0.4) is 0 Å². The molecule has 0 saturated carbocycles. The number of halogens is 1. The molecule has 0 unspecified atom stereocenters. The van der Waals surface area contributed by atoms with Crippen molar-refractivity contribution in [3.63, 3.8) is 0 Å². The zero-order chi connectivity index (χ0) is 19.6. The summed E-state index contributed by atoms with van der Waals surface area (Å²) in [5.74, 6) is 0. The molecular weight excluding hydrogens is 382 g/mol. The highest BCUT2D eigenvalue weighted by Crippen LogP contribution is 2.24. The minimum absolute atomic E-state index is 0.240. The number of aryl methyl sites for hydroxylation is 2. The fourth-order valence-electron chi connectivity index (χ4n) is 2.86. The summed E-state index contributed by atoms with van der Waals surface area (Å²) >= 11 is 5.93. The van der Waals surface area contributed by atoms with Crippen LogP contribution in [-0.2, 0) is 23.0 Å². The maximum atomic E-state index is 12.7. The molecule has 0 spiro atoms. The van der Waals surface area contributed by atoms with Crippen molar-refractivity contribution in [2.75, 3.05) is 4.72 Å². The molecule has 0 amide bonds. The van der Waals surface area contributed by atoms with Crippen LogP contribution in [0.25, 0.3) is 0 Å². The van der Waals surface area contributed by atoms with E-state index in [1.807, 2.05) is 50.2 Å². The molecule has 27 heavy (non-hydrogen) atoms. The summed E-state index contributed by atoms with van der Waals surface area (Å²) in [7, 11) is -3.67. The van der Waals surface area contributed by atoms with Crippen molar-refractivity contribution in [1.82, 2.24) is 9.78 Å². The second-order valence-electron chi connectivity index (χ2n) is 6.43. The molecule has 2 aromatic carbocycles. The van der Waals surface area contributed by atoms with Gasteiger partial charge in [0.25, 0.3) is 10.0 Å². The van der Waals surface area contributed by atoms with Gasteiger partial charge < -0.3 is 0 Å². The average Bonchev–Trinajstić information content (AvgIpc) is 2.91. The first-order valence-corrected chi connectivity index (χ1v) is 10.6. The molecule has 0 atom stereocenters. The van der Waals surface area contributed by atoms with Crippen LogP contribution in [0, 0.1) is 13.8 Å². The first-order valence-electron chi connectivity index (χ1n) is 8.70. The van der Waals surface area contributed by atoms with Crippen LogP contribution in [-0.4, -0.2) is 18.2 Å². The third-order valence-corrected chi connectivity index (χ3v) is 6.12. The van der Waals surface area contributed by atoms with E-state index in [4.69, 9.17) is 11.6 Å². The van der Waals surface area contributed by atoms with Gasteiger partial charge in [-0.1, -0.05) is 42.8 Å². The molecule has 0 fully saturated rings. The number of hydrogen-bond acceptors (Lipinski definition) is 3. The molecule has 0 aliphatic carbocycles. The summed E-state index contributed by atoms with van der Waals surface area (Å²) in [5.41, 5.74) is 4.04. The highest BCUT2D eigenvalue weighted by Gasteiger charge is 2.20. The number of aromatic nitrogens is 2. The lowest BCUT2D eigenvalue weighted by Gasteiger charge is -2.10. The first kappa shape index (κ1) is 19.5. The van der Waals surface area contributed by atoms with E-state index in [9.17, 15) is 8.42 Å². The number of benzene rings is 2. The Hall–Kier alpha value is -2.31. The number of hydrogen-bond donors (Lipinski definition) is 1. The van der Waals surface area contributed by atoms with Crippen LogP contribution in [0.4, 0.5) is 5.69 Å². The van der Waals surface area contributed by atoms with Gasteiger partial charge in [0.15, 0.2) is 0 Å². The summed E-state index contributed by atoms with van der Waals surface area (Å²) in [6.07, 6.45) is 0.865. The fourth-order valence-corrected chi connectivity index (χ4v) is 4.16. The Morgan fingerprint density at radius 1 is 1.00 bits per heavy atom. The fraction of sp³-hybridized carbons (Fsp3) is 0.250. The summed E-state index contributed by atoms with van der Waals surface area (Å²) < 4.78 is 30.0. The standard InChI is InChI=1S/C20H22ClN3O2S/c1-4-16-7-11-19(12-8-16)27(25,26)23-20-14(2)22-24(15(20)3)13-17-5-9-18(21)10-6-17/h5-12,23H,4,13H2,1-3H3. The Morgan fingerprint density at radius 2 is 1.59 bits per heavy atom. The molecule has 1 N–H and O–H groups in total. The zero-order valence-electron chi connectivity index (χ0n) is 15.5. The molecule has 142 valence electrons. The number of nitrogens with zero attached hydrogens (tertiary/aromatic N) is 2. The van der Waals surface area contributed by atoms with Gasteiger partial charge >= 0.3 is 0 Å². The third kappa shape index (κ3) is 4.34. The van der Waals surface area contributed by atoms with Crippen LogP contribution in [0.2, 0.25) is 5.02 Å². The predicted octanol–water partition coefficient (Wildman–Crippen LogP) is 4.56. The average molecular weight is 404 g/mol. The van der Waals surface area contributed by atoms with E-state index in [1.165, 1.54) is 0 Å². The molecule has 1 aromatic heterocycles. The Kier molecular flexibility index (Phi) is 5.58. The van der Waals surface area contributed by atoms with Gasteiger partial charge in [0.2, 0.25) is 0 Å². The van der Waals surface area contributed by atoms with Gasteiger partial charge in [0, 0.05) is 5.02 Å². The Morgan fingerprint density at radius 3 is 2.19 bits per heavy atom. The van der Waals surface area contributed by atoms with E-state index in [1.54, 1.807) is 23.7 Å². The van der Waals surface area contributed by atoms with Gasteiger partial charge in [-0.2, -0.15) is 5.10 Å². The predicted molar refractivity (Wildman–Crippen MR) is 109 cm³/mol. The van der Waals surface area contributed by atoms with Crippen molar-refractivity contribution < 1.29 is 8.42 Å². The Bertz CT molecular complexity index is 1040. The molecule has 5 nitrogen and oxygen atoms in total. The molecule has 0 aliphatic rings. The lowest BCUT2D eigenvalue weighted by molar-refractivity contribution is 0.601. The quantitative estimate of drug-likeness (QED) is 0.655. The molecule has 0 bridgehead atoms. The van der Waals surface area contributed by atoms with Gasteiger partial charge in [-0.15, -0.1) is 0 Å². The van der Waals surface area contributed by atoms with E-state index in [0.29, 0.717) is 22.9 Å². The van der Waals surface area contributed by atoms with Crippen molar-refractivity contribution in [2.45, 2.75) is 38.6 Å². The van der Waals surface area contributed by atoms with Crippen LogP contribution in [0.5, 0.6) is 0 Å². The van der Waals surface area contributed by atoms with E-state index in [-0.39, 0.29) is 4.90 Å². The van der Waals surface area contributed by atoms with Crippen LogP contribution in [0.15, 0.2) is 53.4 Å². The smallest absolute Gasteiger partial charge is 0.262 e. The van der Waals surface area contributed by atoms with Gasteiger partial charge in [-0.3, -0.25) is 9.40 Å². The van der Waals surface area contributed by atoms with Gasteiger partial charge in [0.05, 0.1) is 28.5 Å². The third-order valence-electron chi connectivity index (χ3n) is 4.51. The second-order valence-corrected chi connectivity index (χ2v) is 8.55. The minimum atomic E-state index is -3.67. The summed E-state index contributed by atoms with van der Waals surface area (Å²) in [6.45, 7) is 6.22. The summed E-state index contributed by atoms with van der Waals surface area (Å²) in [4.78, 5) is 0.240. The van der Waals surface area contributed by atoms with Crippen molar-refractivity contribution in [3.8, 4) is 0 Å². The lowest BCUT2D eigenvalue weighted by atomic mass is 10.2. The lowest BCUT2D eigenvalue weighted by Crippen LogP contribution is -2.14. The van der Waals surface area contributed by atoms with Gasteiger partial charge in [-0.05, 0) is 55.7 Å². The normalized spacial score (nSPS) is 11.6. The van der Waals surface area contributed by atoms with E-state index < -0.39 is 10.0 Å². The van der Waals surface area contributed by atoms with Crippen molar-refractivity contribution in [1.29, 1.82) is 0 Å². The molecule has 1 heterocycles. The number of sulfonamides is 1. The van der Waals surface area contributed by atoms with Crippen molar-refractivity contribution in [3.05, 3.63) is 76.1 Å². The SMILES string of the molecule is CCc1ccc(S(=O)(=O)Nc2c(C)nn(Cc3ccc(Cl)cc3)c2C)cc1. The maximum absolute atomic E-state index is 12.7. The molecule has 0 saturated heterocycles. The number of anilines is 1. The van der Waals surface area contributed by atoms with E-state index >= 15 is 0 Å². The van der Waals surface area contributed by atoms with Crippen LogP contribution in [0.1, 0.15) is 29.4 Å². The Balaban J connectivity index is 1.86. The largest absolute Gasteiger partial charge is 0.276 e. The molecule has 0 radical (unpaired) electrons. The summed E-state index contributed by atoms with van der Waals surface area (Å²) in [5, 5.41) is 5.17. The van der Waals surface area contributed by atoms with E-state index in [0.717, 1.165) is 23.2 Å². The molecule has 3 aromatic rings. The first-order chi connectivity index (χ1) is 12.8. The Labute approximate surface area is 165 Å². The summed E-state index contributed by atoms with van der Waals surface area (Å²) in [6, 6.07) is 14.4. The van der Waals surface area contributed by atoms with Gasteiger partial charge in [-0.25, -0.2) is 8.42 Å². The van der Waals surface area contributed by atoms with Crippen molar-refractivity contribution >= 4 is 27.3 Å². The highest BCUT2D eigenvalue weighted by atomic mass is 35.5. The van der Waals surface area contributed by atoms with Gasteiger partial charge in [0.1, 0.15) is 0 Å². The number of nitrogens with one attached hydrogen (secondary N) is 1. The minimum Gasteiger partial charge on any atom is -0.276 e. The van der Waals surface area contributed by atoms with E-state index in [2.05, 4.69) is 9.82 Å². The van der Waals surface area contributed by atoms with Crippen LogP contribution >= 0.6 is 11.6 Å². The zero-order valence-corrected chi connectivity index (χ0v) is 17.1.